The molecule has 1 aliphatic heterocycles. The molecule has 0 aromatic heterocycles. The van der Waals surface area contributed by atoms with Gasteiger partial charge >= 0.3 is 0 Å². The third-order valence-corrected chi connectivity index (χ3v) is 3.39. The molecule has 94 valence electrons. The standard InChI is InChI=1S/C15H24N2/c1-2-3-9-16-15-8-6-7-14(12-15)13-17-10-4-5-11-17/h6-8,12,16H,2-5,9-11,13H2,1H3. The number of unbranched alkanes of at least 4 members (excludes halogenated alkanes) is 1. The van der Waals surface area contributed by atoms with Crippen LogP contribution in [0.25, 0.3) is 0 Å². The number of nitrogens with one attached hydrogen (secondary N) is 1. The van der Waals surface area contributed by atoms with E-state index in [9.17, 15) is 0 Å². The summed E-state index contributed by atoms with van der Waals surface area (Å²) in [6.07, 6.45) is 5.24. The smallest absolute Gasteiger partial charge is 0.0343 e. The van der Waals surface area contributed by atoms with Gasteiger partial charge in [-0.15, -0.1) is 0 Å². The first-order chi connectivity index (χ1) is 8.38. The average molecular weight is 232 g/mol. The normalized spacial score (nSPS) is 16.3. The highest BCUT2D eigenvalue weighted by Gasteiger charge is 2.11. The van der Waals surface area contributed by atoms with Crippen LogP contribution in [-0.2, 0) is 6.54 Å². The first-order valence-electron chi connectivity index (χ1n) is 6.93. The Labute approximate surface area is 105 Å². The lowest BCUT2D eigenvalue weighted by Gasteiger charge is -2.15. The van der Waals surface area contributed by atoms with Crippen molar-refractivity contribution in [3.63, 3.8) is 0 Å². The van der Waals surface area contributed by atoms with E-state index >= 15 is 0 Å². The molecule has 0 aliphatic carbocycles. The molecule has 1 aliphatic rings. The van der Waals surface area contributed by atoms with E-state index in [1.807, 2.05) is 0 Å². The number of likely N-dealkylation sites (tertiary alicyclic amines) is 1. The van der Waals surface area contributed by atoms with Gasteiger partial charge < -0.3 is 5.32 Å². The highest BCUT2D eigenvalue weighted by molar-refractivity contribution is 5.45. The Kier molecular flexibility index (Phi) is 4.87. The zero-order chi connectivity index (χ0) is 11.9. The van der Waals surface area contributed by atoms with Gasteiger partial charge in [-0.25, -0.2) is 0 Å². The van der Waals surface area contributed by atoms with Crippen molar-refractivity contribution in [3.05, 3.63) is 29.8 Å². The molecular weight excluding hydrogens is 208 g/mol. The molecule has 1 fully saturated rings. The van der Waals surface area contributed by atoms with Crippen LogP contribution in [0.2, 0.25) is 0 Å². The minimum Gasteiger partial charge on any atom is -0.385 e. The van der Waals surface area contributed by atoms with Gasteiger partial charge in [0.15, 0.2) is 0 Å². The number of hydrogen-bond acceptors (Lipinski definition) is 2. The monoisotopic (exact) mass is 232 g/mol. The third kappa shape index (κ3) is 4.04. The summed E-state index contributed by atoms with van der Waals surface area (Å²) in [4.78, 5) is 2.55. The second-order valence-corrected chi connectivity index (χ2v) is 4.96. The van der Waals surface area contributed by atoms with Crippen molar-refractivity contribution in [2.75, 3.05) is 25.0 Å². The number of benzene rings is 1. The summed E-state index contributed by atoms with van der Waals surface area (Å²) >= 11 is 0. The van der Waals surface area contributed by atoms with Crippen LogP contribution in [0, 0.1) is 0 Å². The Morgan fingerprint density at radius 3 is 2.82 bits per heavy atom. The molecule has 0 unspecified atom stereocenters. The number of anilines is 1. The van der Waals surface area contributed by atoms with Crippen LogP contribution < -0.4 is 5.32 Å². The second-order valence-electron chi connectivity index (χ2n) is 4.96. The molecular formula is C15H24N2. The molecule has 0 bridgehead atoms. The molecule has 1 saturated heterocycles. The van der Waals surface area contributed by atoms with Crippen LogP contribution in [0.4, 0.5) is 5.69 Å². The van der Waals surface area contributed by atoms with Crippen molar-refractivity contribution >= 4 is 5.69 Å². The molecule has 2 nitrogen and oxygen atoms in total. The van der Waals surface area contributed by atoms with E-state index in [0.29, 0.717) is 0 Å². The molecule has 17 heavy (non-hydrogen) atoms. The van der Waals surface area contributed by atoms with E-state index in [2.05, 4.69) is 41.4 Å². The van der Waals surface area contributed by atoms with Crippen LogP contribution in [0.1, 0.15) is 38.2 Å². The second kappa shape index (κ2) is 6.65. The maximum Gasteiger partial charge on any atom is 0.0343 e. The fourth-order valence-corrected chi connectivity index (χ4v) is 2.39. The lowest BCUT2D eigenvalue weighted by Crippen LogP contribution is -2.18. The third-order valence-electron chi connectivity index (χ3n) is 3.39. The average Bonchev–Trinajstić information content (AvgIpc) is 2.83. The molecule has 2 rings (SSSR count). The Morgan fingerprint density at radius 2 is 2.06 bits per heavy atom. The molecule has 0 atom stereocenters. The Bertz CT molecular complexity index is 329. The molecule has 0 spiro atoms. The maximum atomic E-state index is 3.49. The Morgan fingerprint density at radius 1 is 1.24 bits per heavy atom. The number of nitrogens with zero attached hydrogens (tertiary/aromatic N) is 1. The van der Waals surface area contributed by atoms with E-state index < -0.39 is 0 Å². The molecule has 0 amide bonds. The minimum absolute atomic E-state index is 1.09. The SMILES string of the molecule is CCCCNc1cccc(CN2CCCC2)c1. The van der Waals surface area contributed by atoms with Crippen LogP contribution in [0.15, 0.2) is 24.3 Å². The van der Waals surface area contributed by atoms with Gasteiger partial charge in [0.25, 0.3) is 0 Å². The highest BCUT2D eigenvalue weighted by Crippen LogP contribution is 2.16. The van der Waals surface area contributed by atoms with Crippen molar-refractivity contribution in [3.8, 4) is 0 Å². The van der Waals surface area contributed by atoms with Crippen molar-refractivity contribution < 1.29 is 0 Å². The first kappa shape index (κ1) is 12.4. The number of hydrogen-bond donors (Lipinski definition) is 1. The van der Waals surface area contributed by atoms with Gasteiger partial charge in [0, 0.05) is 18.8 Å². The molecule has 1 heterocycles. The van der Waals surface area contributed by atoms with Crippen molar-refractivity contribution in [1.29, 1.82) is 0 Å². The zero-order valence-electron chi connectivity index (χ0n) is 10.9. The van der Waals surface area contributed by atoms with Gasteiger partial charge in [-0.2, -0.15) is 0 Å². The fraction of sp³-hybridized carbons (Fsp3) is 0.600. The quantitative estimate of drug-likeness (QED) is 0.755. The Hall–Kier alpha value is -1.02. The van der Waals surface area contributed by atoms with Crippen LogP contribution in [-0.4, -0.2) is 24.5 Å². The first-order valence-corrected chi connectivity index (χ1v) is 6.93. The summed E-state index contributed by atoms with van der Waals surface area (Å²) in [6, 6.07) is 8.88. The molecule has 1 aromatic rings. The largest absolute Gasteiger partial charge is 0.385 e. The molecule has 1 aromatic carbocycles. The van der Waals surface area contributed by atoms with E-state index in [1.165, 1.54) is 50.0 Å². The van der Waals surface area contributed by atoms with Crippen molar-refractivity contribution in [1.82, 2.24) is 4.90 Å². The maximum absolute atomic E-state index is 3.49. The van der Waals surface area contributed by atoms with E-state index in [1.54, 1.807) is 0 Å². The summed E-state index contributed by atoms with van der Waals surface area (Å²) < 4.78 is 0. The minimum atomic E-state index is 1.09. The van der Waals surface area contributed by atoms with Gasteiger partial charge in [-0.05, 0) is 50.0 Å². The van der Waals surface area contributed by atoms with Crippen molar-refractivity contribution in [2.24, 2.45) is 0 Å². The zero-order valence-corrected chi connectivity index (χ0v) is 10.9. The summed E-state index contributed by atoms with van der Waals surface area (Å²) in [5.74, 6) is 0. The van der Waals surface area contributed by atoms with E-state index in [0.717, 1.165) is 13.1 Å². The highest BCUT2D eigenvalue weighted by atomic mass is 15.1. The van der Waals surface area contributed by atoms with Gasteiger partial charge in [0.1, 0.15) is 0 Å². The van der Waals surface area contributed by atoms with Crippen LogP contribution >= 0.6 is 0 Å². The summed E-state index contributed by atoms with van der Waals surface area (Å²) in [7, 11) is 0. The summed E-state index contributed by atoms with van der Waals surface area (Å²) in [6.45, 7) is 6.97. The molecule has 2 heteroatoms. The van der Waals surface area contributed by atoms with Crippen LogP contribution in [0.5, 0.6) is 0 Å². The predicted octanol–water partition coefficient (Wildman–Crippen LogP) is 3.49. The summed E-state index contributed by atoms with van der Waals surface area (Å²) in [5.41, 5.74) is 2.71. The van der Waals surface area contributed by atoms with Gasteiger partial charge in [-0.3, -0.25) is 4.90 Å². The van der Waals surface area contributed by atoms with Gasteiger partial charge in [0.05, 0.1) is 0 Å². The van der Waals surface area contributed by atoms with E-state index in [4.69, 9.17) is 0 Å². The number of rotatable bonds is 6. The van der Waals surface area contributed by atoms with Crippen LogP contribution in [0.3, 0.4) is 0 Å². The lowest BCUT2D eigenvalue weighted by molar-refractivity contribution is 0.331. The van der Waals surface area contributed by atoms with Gasteiger partial charge in [0.2, 0.25) is 0 Å². The van der Waals surface area contributed by atoms with Gasteiger partial charge in [-0.1, -0.05) is 25.5 Å². The molecule has 0 saturated carbocycles. The molecule has 1 N–H and O–H groups in total. The fourth-order valence-electron chi connectivity index (χ4n) is 2.39. The van der Waals surface area contributed by atoms with Crippen molar-refractivity contribution in [2.45, 2.75) is 39.2 Å². The Balaban J connectivity index is 1.86. The molecule has 0 radical (unpaired) electrons. The lowest BCUT2D eigenvalue weighted by atomic mass is 10.2. The van der Waals surface area contributed by atoms with E-state index in [-0.39, 0.29) is 0 Å². The topological polar surface area (TPSA) is 15.3 Å². The summed E-state index contributed by atoms with van der Waals surface area (Å²) in [5, 5.41) is 3.49. The predicted molar refractivity (Wildman–Crippen MR) is 74.4 cm³/mol.